The number of imidazole rings is 1. The van der Waals surface area contributed by atoms with Gasteiger partial charge in [-0.05, 0) is 70.6 Å². The number of hydrogen-bond donors (Lipinski definition) is 0. The van der Waals surface area contributed by atoms with Crippen molar-refractivity contribution < 1.29 is 9.53 Å². The molecule has 1 aliphatic rings. The van der Waals surface area contributed by atoms with Gasteiger partial charge in [-0.3, -0.25) is 4.79 Å². The van der Waals surface area contributed by atoms with Crippen molar-refractivity contribution in [3.05, 3.63) is 47.5 Å². The lowest BCUT2D eigenvalue weighted by Crippen LogP contribution is -2.39. The Labute approximate surface area is 168 Å². The van der Waals surface area contributed by atoms with Crippen LogP contribution >= 0.6 is 0 Å². The van der Waals surface area contributed by atoms with Gasteiger partial charge < -0.3 is 19.1 Å². The second-order valence-corrected chi connectivity index (χ2v) is 7.91. The number of aromatic nitrogens is 2. The number of aryl methyl sites for hydroxylation is 2. The fraction of sp³-hybridized carbons (Fsp3) is 0.545. The largest absolute Gasteiger partial charge is 0.496 e. The summed E-state index contributed by atoms with van der Waals surface area (Å²) in [6, 6.07) is 5.66. The van der Waals surface area contributed by atoms with Crippen LogP contribution < -0.4 is 4.74 Å². The van der Waals surface area contributed by atoms with E-state index in [-0.39, 0.29) is 5.91 Å². The highest BCUT2D eigenvalue weighted by atomic mass is 16.5. The molecule has 0 aliphatic carbocycles. The smallest absolute Gasteiger partial charge is 0.253 e. The molecule has 0 bridgehead atoms. The highest BCUT2D eigenvalue weighted by molar-refractivity contribution is 5.94. The molecule has 0 unspecified atom stereocenters. The summed E-state index contributed by atoms with van der Waals surface area (Å²) < 4.78 is 7.58. The Balaban J connectivity index is 1.68. The number of piperidine rings is 1. The van der Waals surface area contributed by atoms with Crippen molar-refractivity contribution in [2.45, 2.75) is 38.6 Å². The first-order chi connectivity index (χ1) is 13.5. The fourth-order valence-electron chi connectivity index (χ4n) is 3.99. The molecule has 0 spiro atoms. The van der Waals surface area contributed by atoms with Gasteiger partial charge >= 0.3 is 0 Å². The molecule has 1 amide bonds. The van der Waals surface area contributed by atoms with Gasteiger partial charge in [0, 0.05) is 43.5 Å². The van der Waals surface area contributed by atoms with Crippen molar-refractivity contribution in [2.75, 3.05) is 40.8 Å². The molecule has 1 aromatic carbocycles. The van der Waals surface area contributed by atoms with Gasteiger partial charge in [-0.2, -0.15) is 0 Å². The summed E-state index contributed by atoms with van der Waals surface area (Å²) in [4.78, 5) is 21.9. The summed E-state index contributed by atoms with van der Waals surface area (Å²) in [5.74, 6) is 2.32. The molecule has 0 radical (unpaired) electrons. The van der Waals surface area contributed by atoms with Gasteiger partial charge in [0.1, 0.15) is 11.6 Å². The summed E-state index contributed by atoms with van der Waals surface area (Å²) in [5.41, 5.74) is 1.71. The molecule has 28 heavy (non-hydrogen) atoms. The maximum atomic E-state index is 13.1. The average molecular weight is 385 g/mol. The van der Waals surface area contributed by atoms with Crippen LogP contribution in [0.4, 0.5) is 0 Å². The number of methoxy groups -OCH3 is 1. The Bertz CT molecular complexity index is 800. The van der Waals surface area contributed by atoms with E-state index < -0.39 is 0 Å². The van der Waals surface area contributed by atoms with Crippen LogP contribution in [0.15, 0.2) is 30.6 Å². The molecule has 1 fully saturated rings. The Kier molecular flexibility index (Phi) is 6.73. The number of carbonyl (C=O) groups is 1. The molecule has 6 heteroatoms. The molecular weight excluding hydrogens is 352 g/mol. The van der Waals surface area contributed by atoms with E-state index >= 15 is 0 Å². The summed E-state index contributed by atoms with van der Waals surface area (Å²) in [6.07, 6.45) is 7.14. The van der Waals surface area contributed by atoms with Gasteiger partial charge in [-0.1, -0.05) is 0 Å². The van der Waals surface area contributed by atoms with Crippen molar-refractivity contribution in [2.24, 2.45) is 0 Å². The van der Waals surface area contributed by atoms with Crippen LogP contribution in [0.3, 0.4) is 0 Å². The van der Waals surface area contributed by atoms with Gasteiger partial charge in [0.25, 0.3) is 5.91 Å². The third kappa shape index (κ3) is 4.73. The van der Waals surface area contributed by atoms with Gasteiger partial charge in [-0.25, -0.2) is 4.98 Å². The molecule has 3 rings (SSSR count). The lowest BCUT2D eigenvalue weighted by molar-refractivity contribution is 0.0703. The number of rotatable bonds is 7. The number of ether oxygens (including phenoxy) is 1. The number of hydrogen-bond acceptors (Lipinski definition) is 4. The minimum atomic E-state index is 0.0983. The van der Waals surface area contributed by atoms with E-state index in [0.717, 1.165) is 68.1 Å². The van der Waals surface area contributed by atoms with E-state index in [9.17, 15) is 4.79 Å². The summed E-state index contributed by atoms with van der Waals surface area (Å²) >= 11 is 0. The van der Waals surface area contributed by atoms with Crippen LogP contribution in [0.1, 0.15) is 46.9 Å². The predicted octanol–water partition coefficient (Wildman–Crippen LogP) is 3.17. The van der Waals surface area contributed by atoms with Crippen LogP contribution in [0.2, 0.25) is 0 Å². The topological polar surface area (TPSA) is 50.6 Å². The minimum absolute atomic E-state index is 0.0983. The zero-order valence-electron chi connectivity index (χ0n) is 17.5. The predicted molar refractivity (Wildman–Crippen MR) is 111 cm³/mol. The van der Waals surface area contributed by atoms with Crippen LogP contribution in [-0.2, 0) is 6.54 Å². The Morgan fingerprint density at radius 3 is 2.89 bits per heavy atom. The SMILES string of the molecule is COc1ccc(C(=O)N2CCC[C@@H](c3nccn3CCCN(C)C)C2)cc1C. The lowest BCUT2D eigenvalue weighted by atomic mass is 9.96. The van der Waals surface area contributed by atoms with E-state index in [4.69, 9.17) is 4.74 Å². The standard InChI is InChI=1S/C22H32N4O2/c1-17-15-18(8-9-20(17)28-4)22(27)26-12-5-7-19(16-26)21-23-10-14-25(21)13-6-11-24(2)3/h8-10,14-15,19H,5-7,11-13,16H2,1-4H3/t19-/m1/s1. The van der Waals surface area contributed by atoms with E-state index in [0.29, 0.717) is 5.92 Å². The maximum absolute atomic E-state index is 13.1. The number of carbonyl (C=O) groups excluding carboxylic acids is 1. The number of nitrogens with zero attached hydrogens (tertiary/aromatic N) is 4. The summed E-state index contributed by atoms with van der Waals surface area (Å²) in [5, 5.41) is 0. The zero-order chi connectivity index (χ0) is 20.1. The van der Waals surface area contributed by atoms with Crippen molar-refractivity contribution in [3.63, 3.8) is 0 Å². The molecule has 6 nitrogen and oxygen atoms in total. The van der Waals surface area contributed by atoms with Gasteiger partial charge in [0.2, 0.25) is 0 Å². The normalized spacial score (nSPS) is 17.2. The second kappa shape index (κ2) is 9.24. The first-order valence-electron chi connectivity index (χ1n) is 10.1. The molecule has 0 N–H and O–H groups in total. The highest BCUT2D eigenvalue weighted by Gasteiger charge is 2.28. The van der Waals surface area contributed by atoms with Gasteiger partial charge in [0.05, 0.1) is 7.11 Å². The number of amides is 1. The van der Waals surface area contributed by atoms with Crippen LogP contribution in [-0.4, -0.2) is 66.1 Å². The van der Waals surface area contributed by atoms with Crippen molar-refractivity contribution in [1.29, 1.82) is 0 Å². The summed E-state index contributed by atoms with van der Waals surface area (Å²) in [7, 11) is 5.85. The van der Waals surface area contributed by atoms with Crippen LogP contribution in [0.5, 0.6) is 5.75 Å². The van der Waals surface area contributed by atoms with E-state index in [1.54, 1.807) is 7.11 Å². The highest BCUT2D eigenvalue weighted by Crippen LogP contribution is 2.28. The van der Waals surface area contributed by atoms with Gasteiger partial charge in [-0.15, -0.1) is 0 Å². The van der Waals surface area contributed by atoms with Crippen molar-refractivity contribution in [3.8, 4) is 5.75 Å². The maximum Gasteiger partial charge on any atom is 0.253 e. The number of benzene rings is 1. The van der Waals surface area contributed by atoms with Crippen molar-refractivity contribution in [1.82, 2.24) is 19.4 Å². The first-order valence-corrected chi connectivity index (χ1v) is 10.1. The molecule has 1 aliphatic heterocycles. The molecule has 1 saturated heterocycles. The number of likely N-dealkylation sites (tertiary alicyclic amines) is 1. The van der Waals surface area contributed by atoms with E-state index in [1.165, 1.54) is 0 Å². The molecular formula is C22H32N4O2. The first kappa shape index (κ1) is 20.4. The van der Waals surface area contributed by atoms with Crippen LogP contribution in [0.25, 0.3) is 0 Å². The zero-order valence-corrected chi connectivity index (χ0v) is 17.5. The quantitative estimate of drug-likeness (QED) is 0.736. The fourth-order valence-corrected chi connectivity index (χ4v) is 3.99. The molecule has 1 aromatic heterocycles. The Morgan fingerprint density at radius 1 is 1.36 bits per heavy atom. The third-order valence-electron chi connectivity index (χ3n) is 5.47. The van der Waals surface area contributed by atoms with Gasteiger partial charge in [0.15, 0.2) is 0 Å². The Morgan fingerprint density at radius 2 is 2.18 bits per heavy atom. The molecule has 152 valence electrons. The molecule has 2 aromatic rings. The third-order valence-corrected chi connectivity index (χ3v) is 5.47. The average Bonchev–Trinajstić information content (AvgIpc) is 3.15. The second-order valence-electron chi connectivity index (χ2n) is 7.91. The minimum Gasteiger partial charge on any atom is -0.496 e. The molecule has 0 saturated carbocycles. The monoisotopic (exact) mass is 384 g/mol. The Hall–Kier alpha value is -2.34. The van der Waals surface area contributed by atoms with Crippen molar-refractivity contribution >= 4 is 5.91 Å². The van der Waals surface area contributed by atoms with E-state index in [2.05, 4.69) is 34.7 Å². The van der Waals surface area contributed by atoms with E-state index in [1.807, 2.05) is 36.2 Å². The molecule has 2 heterocycles. The summed E-state index contributed by atoms with van der Waals surface area (Å²) in [6.45, 7) is 5.54. The van der Waals surface area contributed by atoms with Crippen LogP contribution in [0, 0.1) is 6.92 Å². The molecule has 1 atom stereocenters. The lowest BCUT2D eigenvalue weighted by Gasteiger charge is -2.33.